The highest BCUT2D eigenvalue weighted by molar-refractivity contribution is 14.1. The smallest absolute Gasteiger partial charge is 0.0378 e. The van der Waals surface area contributed by atoms with Gasteiger partial charge >= 0.3 is 0 Å². The van der Waals surface area contributed by atoms with Crippen molar-refractivity contribution in [1.29, 1.82) is 0 Å². The maximum atomic E-state index is 4.21. The normalized spacial score (nSPS) is 10.3. The molecule has 76 valence electrons. The van der Waals surface area contributed by atoms with E-state index < -0.39 is 0 Å². The van der Waals surface area contributed by atoms with Crippen molar-refractivity contribution in [1.82, 2.24) is 4.98 Å². The maximum absolute atomic E-state index is 4.21. The molecule has 1 heterocycles. The molecule has 0 aliphatic heterocycles. The van der Waals surface area contributed by atoms with Crippen LogP contribution in [0.2, 0.25) is 0 Å². The fourth-order valence-electron chi connectivity index (χ4n) is 1.66. The van der Waals surface area contributed by atoms with Gasteiger partial charge in [-0.3, -0.25) is 4.98 Å². The Morgan fingerprint density at radius 2 is 1.87 bits per heavy atom. The predicted molar refractivity (Wildman–Crippen MR) is 71.9 cm³/mol. The molecule has 0 amide bonds. The van der Waals surface area contributed by atoms with E-state index in [-0.39, 0.29) is 0 Å². The van der Waals surface area contributed by atoms with Crippen LogP contribution in [0.4, 0.5) is 0 Å². The highest BCUT2D eigenvalue weighted by atomic mass is 127. The van der Waals surface area contributed by atoms with E-state index >= 15 is 0 Å². The quantitative estimate of drug-likeness (QED) is 0.726. The third-order valence-corrected chi connectivity index (χ3v) is 3.07. The lowest BCUT2D eigenvalue weighted by atomic mass is 10.0. The van der Waals surface area contributed by atoms with Gasteiger partial charge in [-0.2, -0.15) is 0 Å². The number of rotatable bonds is 1. The zero-order chi connectivity index (χ0) is 10.8. The number of aryl methyl sites for hydroxylation is 2. The minimum atomic E-state index is 1.06. The number of hydrogen-bond acceptors (Lipinski definition) is 1. The van der Waals surface area contributed by atoms with Crippen LogP contribution in [-0.2, 0) is 0 Å². The van der Waals surface area contributed by atoms with Gasteiger partial charge in [-0.25, -0.2) is 0 Å². The first-order valence-electron chi connectivity index (χ1n) is 4.86. The fraction of sp³-hybridized carbons (Fsp3) is 0.154. The Bertz CT molecular complexity index is 492. The van der Waals surface area contributed by atoms with Crippen LogP contribution in [0.15, 0.2) is 36.5 Å². The van der Waals surface area contributed by atoms with Crippen molar-refractivity contribution in [2.45, 2.75) is 13.8 Å². The lowest BCUT2D eigenvalue weighted by Crippen LogP contribution is -1.86. The van der Waals surface area contributed by atoms with E-state index in [1.165, 1.54) is 20.3 Å². The molecule has 2 aromatic rings. The molecule has 2 heteroatoms. The second-order valence-corrected chi connectivity index (χ2v) is 4.89. The first-order chi connectivity index (χ1) is 7.16. The Morgan fingerprint density at radius 1 is 1.07 bits per heavy atom. The molecule has 0 fully saturated rings. The molecular formula is C13H12IN. The summed E-state index contributed by atoms with van der Waals surface area (Å²) in [6.45, 7) is 4.17. The van der Waals surface area contributed by atoms with Crippen molar-refractivity contribution in [3.63, 3.8) is 0 Å². The molecule has 1 aromatic carbocycles. The molecular weight excluding hydrogens is 297 g/mol. The number of nitrogens with zero attached hydrogens (tertiary/aromatic N) is 1. The van der Waals surface area contributed by atoms with Crippen molar-refractivity contribution in [2.75, 3.05) is 0 Å². The molecule has 0 radical (unpaired) electrons. The first kappa shape index (κ1) is 10.6. The molecule has 1 aromatic heterocycles. The number of halogens is 1. The topological polar surface area (TPSA) is 12.9 Å². The lowest BCUT2D eigenvalue weighted by molar-refractivity contribution is 1.20. The Balaban J connectivity index is 2.54. The van der Waals surface area contributed by atoms with Crippen molar-refractivity contribution < 1.29 is 0 Å². The molecule has 1 nitrogen and oxygen atoms in total. The summed E-state index contributed by atoms with van der Waals surface area (Å²) < 4.78 is 1.28. The van der Waals surface area contributed by atoms with Gasteiger partial charge in [0.1, 0.15) is 0 Å². The maximum Gasteiger partial charge on any atom is 0.0378 e. The highest BCUT2D eigenvalue weighted by Gasteiger charge is 2.02. The zero-order valence-electron chi connectivity index (χ0n) is 8.79. The van der Waals surface area contributed by atoms with E-state index in [2.05, 4.69) is 64.8 Å². The molecule has 0 bridgehead atoms. The number of hydrogen-bond donors (Lipinski definition) is 0. The average molecular weight is 309 g/mol. The number of pyridine rings is 1. The van der Waals surface area contributed by atoms with Crippen LogP contribution < -0.4 is 0 Å². The van der Waals surface area contributed by atoms with Crippen molar-refractivity contribution in [3.8, 4) is 11.1 Å². The summed E-state index contributed by atoms with van der Waals surface area (Å²) in [5, 5.41) is 0. The summed E-state index contributed by atoms with van der Waals surface area (Å²) in [4.78, 5) is 4.21. The molecule has 0 atom stereocenters. The summed E-state index contributed by atoms with van der Waals surface area (Å²) >= 11 is 2.34. The summed E-state index contributed by atoms with van der Waals surface area (Å²) in [5.41, 5.74) is 4.91. The summed E-state index contributed by atoms with van der Waals surface area (Å²) in [5.74, 6) is 0. The SMILES string of the molecule is Cc1cc(-c2ccc(I)cc2C)ccn1. The molecule has 2 rings (SSSR count). The van der Waals surface area contributed by atoms with Crippen LogP contribution in [-0.4, -0.2) is 4.98 Å². The van der Waals surface area contributed by atoms with E-state index in [1.807, 2.05) is 13.1 Å². The molecule has 0 aliphatic rings. The Hall–Kier alpha value is -0.900. The van der Waals surface area contributed by atoms with Crippen LogP contribution >= 0.6 is 22.6 Å². The van der Waals surface area contributed by atoms with Crippen LogP contribution in [0.25, 0.3) is 11.1 Å². The molecule has 0 saturated heterocycles. The number of aromatic nitrogens is 1. The van der Waals surface area contributed by atoms with E-state index in [1.54, 1.807) is 0 Å². The van der Waals surface area contributed by atoms with Gasteiger partial charge in [-0.1, -0.05) is 6.07 Å². The lowest BCUT2D eigenvalue weighted by Gasteiger charge is -2.06. The second kappa shape index (κ2) is 4.31. The third-order valence-electron chi connectivity index (χ3n) is 2.40. The van der Waals surface area contributed by atoms with E-state index in [0.29, 0.717) is 0 Å². The zero-order valence-corrected chi connectivity index (χ0v) is 10.9. The third kappa shape index (κ3) is 2.37. The Labute approximate surface area is 104 Å². The van der Waals surface area contributed by atoms with Crippen LogP contribution in [0, 0.1) is 17.4 Å². The second-order valence-electron chi connectivity index (χ2n) is 3.65. The molecule has 15 heavy (non-hydrogen) atoms. The van der Waals surface area contributed by atoms with Gasteiger partial charge in [-0.15, -0.1) is 0 Å². The van der Waals surface area contributed by atoms with Gasteiger partial charge in [0, 0.05) is 15.5 Å². The summed E-state index contributed by atoms with van der Waals surface area (Å²) in [7, 11) is 0. The van der Waals surface area contributed by atoms with Gasteiger partial charge < -0.3 is 0 Å². The molecule has 0 unspecified atom stereocenters. The van der Waals surface area contributed by atoms with E-state index in [4.69, 9.17) is 0 Å². The van der Waals surface area contributed by atoms with Gasteiger partial charge in [0.2, 0.25) is 0 Å². The van der Waals surface area contributed by atoms with Crippen molar-refractivity contribution >= 4 is 22.6 Å². The molecule has 0 N–H and O–H groups in total. The monoisotopic (exact) mass is 309 g/mol. The van der Waals surface area contributed by atoms with Gasteiger partial charge in [-0.05, 0) is 77.4 Å². The Kier molecular flexibility index (Phi) is 3.05. The van der Waals surface area contributed by atoms with Crippen LogP contribution in [0.3, 0.4) is 0 Å². The van der Waals surface area contributed by atoms with Gasteiger partial charge in [0.05, 0.1) is 0 Å². The summed E-state index contributed by atoms with van der Waals surface area (Å²) in [6.07, 6.45) is 1.86. The van der Waals surface area contributed by atoms with Crippen molar-refractivity contribution in [3.05, 3.63) is 51.4 Å². The van der Waals surface area contributed by atoms with Crippen LogP contribution in [0.5, 0.6) is 0 Å². The standard InChI is InChI=1S/C13H12IN/c1-9-7-12(14)3-4-13(9)11-5-6-15-10(2)8-11/h3-8H,1-2H3. The predicted octanol–water partition coefficient (Wildman–Crippen LogP) is 3.97. The molecule has 0 spiro atoms. The van der Waals surface area contributed by atoms with Crippen LogP contribution in [0.1, 0.15) is 11.3 Å². The minimum Gasteiger partial charge on any atom is -0.262 e. The average Bonchev–Trinajstić information content (AvgIpc) is 2.17. The van der Waals surface area contributed by atoms with Gasteiger partial charge in [0.15, 0.2) is 0 Å². The molecule has 0 aliphatic carbocycles. The summed E-state index contributed by atoms with van der Waals surface area (Å²) in [6, 6.07) is 10.7. The van der Waals surface area contributed by atoms with Gasteiger partial charge in [0.25, 0.3) is 0 Å². The van der Waals surface area contributed by atoms with E-state index in [9.17, 15) is 0 Å². The Morgan fingerprint density at radius 3 is 2.53 bits per heavy atom. The minimum absolute atomic E-state index is 1.06. The number of benzene rings is 1. The first-order valence-corrected chi connectivity index (χ1v) is 5.94. The molecule has 0 saturated carbocycles. The highest BCUT2D eigenvalue weighted by Crippen LogP contribution is 2.24. The van der Waals surface area contributed by atoms with E-state index in [0.717, 1.165) is 5.69 Å². The van der Waals surface area contributed by atoms with Crippen molar-refractivity contribution in [2.24, 2.45) is 0 Å². The largest absolute Gasteiger partial charge is 0.262 e. The fourth-order valence-corrected chi connectivity index (χ4v) is 2.31.